The predicted molar refractivity (Wildman–Crippen MR) is 107 cm³/mol. The van der Waals surface area contributed by atoms with Crippen molar-refractivity contribution in [2.24, 2.45) is 5.92 Å². The monoisotopic (exact) mass is 471 g/mol. The zero-order chi connectivity index (χ0) is 18.0. The van der Waals surface area contributed by atoms with E-state index in [2.05, 4.69) is 60.9 Å². The van der Waals surface area contributed by atoms with E-state index in [1.54, 1.807) is 6.20 Å². The molecule has 1 saturated heterocycles. The van der Waals surface area contributed by atoms with Crippen LogP contribution in [0, 0.1) is 5.92 Å². The van der Waals surface area contributed by atoms with Crippen LogP contribution in [0.2, 0.25) is 0 Å². The molecule has 25 heavy (non-hydrogen) atoms. The molecular weight excluding hydrogens is 450 g/mol. The largest absolute Gasteiger partial charge is 0.379 e. The van der Waals surface area contributed by atoms with Gasteiger partial charge < -0.3 is 15.0 Å². The lowest BCUT2D eigenvalue weighted by Gasteiger charge is -2.36. The highest BCUT2D eigenvalue weighted by atomic mass is 79.9. The molecule has 1 amide bonds. The molecule has 1 aromatic carbocycles. The second-order valence-corrected chi connectivity index (χ2v) is 8.39. The first-order chi connectivity index (χ1) is 12.0. The number of nitrogens with one attached hydrogen (secondary N) is 2. The van der Waals surface area contributed by atoms with Crippen LogP contribution in [0.25, 0.3) is 10.9 Å². The number of morpholine rings is 1. The van der Waals surface area contributed by atoms with Crippen molar-refractivity contribution < 1.29 is 9.53 Å². The van der Waals surface area contributed by atoms with Gasteiger partial charge in [0, 0.05) is 51.7 Å². The predicted octanol–water partition coefficient (Wildman–Crippen LogP) is 3.78. The SMILES string of the molecule is CC(C)C(CNC(=O)c1c[nH]c2cc(Br)c(Br)cc12)N1CCOCC1. The van der Waals surface area contributed by atoms with Gasteiger partial charge in [0.15, 0.2) is 0 Å². The van der Waals surface area contributed by atoms with Crippen molar-refractivity contribution in [3.05, 3.63) is 32.8 Å². The summed E-state index contributed by atoms with van der Waals surface area (Å²) in [6.07, 6.45) is 1.78. The standard InChI is InChI=1S/C18H23Br2N3O2/c1-11(2)17(23-3-5-25-6-4-23)10-22-18(24)13-9-21-16-8-15(20)14(19)7-12(13)16/h7-9,11,17,21H,3-6,10H2,1-2H3,(H,22,24). The fraction of sp³-hybridized carbons (Fsp3) is 0.500. The number of hydrogen-bond donors (Lipinski definition) is 2. The number of amides is 1. The Kier molecular flexibility index (Phi) is 6.20. The number of halogens is 2. The summed E-state index contributed by atoms with van der Waals surface area (Å²) >= 11 is 7.00. The fourth-order valence-corrected chi connectivity index (χ4v) is 3.98. The molecule has 0 radical (unpaired) electrons. The van der Waals surface area contributed by atoms with Gasteiger partial charge in [-0.15, -0.1) is 0 Å². The molecule has 1 atom stereocenters. The van der Waals surface area contributed by atoms with Crippen molar-refractivity contribution in [1.82, 2.24) is 15.2 Å². The van der Waals surface area contributed by atoms with Gasteiger partial charge in [-0.25, -0.2) is 0 Å². The molecular formula is C18H23Br2N3O2. The molecule has 2 heterocycles. The lowest BCUT2D eigenvalue weighted by Crippen LogP contribution is -2.51. The zero-order valence-electron chi connectivity index (χ0n) is 14.4. The zero-order valence-corrected chi connectivity index (χ0v) is 17.6. The highest BCUT2D eigenvalue weighted by Gasteiger charge is 2.24. The molecule has 2 N–H and O–H groups in total. The molecule has 2 aromatic rings. The molecule has 5 nitrogen and oxygen atoms in total. The first-order valence-corrected chi connectivity index (χ1v) is 10.1. The minimum Gasteiger partial charge on any atom is -0.379 e. The van der Waals surface area contributed by atoms with E-state index in [9.17, 15) is 4.79 Å². The van der Waals surface area contributed by atoms with Crippen LogP contribution in [0.1, 0.15) is 24.2 Å². The number of nitrogens with zero attached hydrogens (tertiary/aromatic N) is 1. The third-order valence-electron chi connectivity index (χ3n) is 4.72. The van der Waals surface area contributed by atoms with E-state index in [-0.39, 0.29) is 5.91 Å². The summed E-state index contributed by atoms with van der Waals surface area (Å²) < 4.78 is 7.33. The summed E-state index contributed by atoms with van der Waals surface area (Å²) in [5.41, 5.74) is 1.61. The second-order valence-electron chi connectivity index (χ2n) is 6.68. The maximum Gasteiger partial charge on any atom is 0.253 e. The average molecular weight is 473 g/mol. The summed E-state index contributed by atoms with van der Waals surface area (Å²) in [6, 6.07) is 4.26. The van der Waals surface area contributed by atoms with Gasteiger partial charge in [0.2, 0.25) is 0 Å². The molecule has 1 aromatic heterocycles. The van der Waals surface area contributed by atoms with Crippen molar-refractivity contribution in [3.8, 4) is 0 Å². The molecule has 1 unspecified atom stereocenters. The van der Waals surface area contributed by atoms with E-state index in [1.807, 2.05) is 12.1 Å². The normalized spacial score (nSPS) is 17.2. The molecule has 1 aliphatic rings. The van der Waals surface area contributed by atoms with Crippen molar-refractivity contribution in [2.75, 3.05) is 32.8 Å². The Morgan fingerprint density at radius 2 is 1.96 bits per heavy atom. The van der Waals surface area contributed by atoms with Crippen molar-refractivity contribution in [3.63, 3.8) is 0 Å². The van der Waals surface area contributed by atoms with Crippen molar-refractivity contribution >= 4 is 48.7 Å². The van der Waals surface area contributed by atoms with E-state index in [0.717, 1.165) is 46.2 Å². The van der Waals surface area contributed by atoms with Crippen LogP contribution in [0.4, 0.5) is 0 Å². The van der Waals surface area contributed by atoms with Crippen LogP contribution in [0.15, 0.2) is 27.3 Å². The second kappa shape index (κ2) is 8.20. The summed E-state index contributed by atoms with van der Waals surface area (Å²) in [5, 5.41) is 4.04. The number of fused-ring (bicyclic) bond motifs is 1. The highest BCUT2D eigenvalue weighted by molar-refractivity contribution is 9.13. The molecule has 0 aliphatic carbocycles. The van der Waals surface area contributed by atoms with Crippen LogP contribution in [-0.2, 0) is 4.74 Å². The Morgan fingerprint density at radius 1 is 1.28 bits per heavy atom. The van der Waals surface area contributed by atoms with E-state index >= 15 is 0 Å². The third kappa shape index (κ3) is 4.27. The Balaban J connectivity index is 1.72. The number of carbonyl (C=O) groups excluding carboxylic acids is 1. The summed E-state index contributed by atoms with van der Waals surface area (Å²) in [7, 11) is 0. The maximum absolute atomic E-state index is 12.7. The molecule has 0 saturated carbocycles. The minimum atomic E-state index is -0.0422. The molecule has 136 valence electrons. The Hall–Kier alpha value is -0.890. The number of benzene rings is 1. The summed E-state index contributed by atoms with van der Waals surface area (Å²) in [5.74, 6) is 0.422. The third-order valence-corrected chi connectivity index (χ3v) is 6.57. The average Bonchev–Trinajstić information content (AvgIpc) is 2.98. The quantitative estimate of drug-likeness (QED) is 0.696. The topological polar surface area (TPSA) is 57.4 Å². The Labute approximate surface area is 164 Å². The number of aromatic amines is 1. The van der Waals surface area contributed by atoms with Gasteiger partial charge in [0.25, 0.3) is 5.91 Å². The van der Waals surface area contributed by atoms with Crippen LogP contribution in [0.3, 0.4) is 0 Å². The van der Waals surface area contributed by atoms with Gasteiger partial charge in [-0.05, 0) is 49.9 Å². The molecule has 0 bridgehead atoms. The smallest absolute Gasteiger partial charge is 0.253 e. The molecule has 1 aliphatic heterocycles. The Bertz CT molecular complexity index is 754. The summed E-state index contributed by atoms with van der Waals surface area (Å²) in [4.78, 5) is 18.3. The lowest BCUT2D eigenvalue weighted by molar-refractivity contribution is 0.00673. The number of carbonyl (C=O) groups is 1. The molecule has 1 fully saturated rings. The van der Waals surface area contributed by atoms with E-state index in [4.69, 9.17) is 4.74 Å². The van der Waals surface area contributed by atoms with Gasteiger partial charge in [-0.2, -0.15) is 0 Å². The maximum atomic E-state index is 12.7. The lowest BCUT2D eigenvalue weighted by atomic mass is 10.0. The van der Waals surface area contributed by atoms with Crippen LogP contribution in [-0.4, -0.2) is 54.7 Å². The number of ether oxygens (including phenoxy) is 1. The van der Waals surface area contributed by atoms with Crippen molar-refractivity contribution in [2.45, 2.75) is 19.9 Å². The number of rotatable bonds is 5. The number of aromatic nitrogens is 1. The first kappa shape index (κ1) is 18.9. The van der Waals surface area contributed by atoms with Crippen molar-refractivity contribution in [1.29, 1.82) is 0 Å². The van der Waals surface area contributed by atoms with E-state index in [0.29, 0.717) is 24.1 Å². The van der Waals surface area contributed by atoms with Gasteiger partial charge in [0.05, 0.1) is 18.8 Å². The Morgan fingerprint density at radius 3 is 2.64 bits per heavy atom. The number of hydrogen-bond acceptors (Lipinski definition) is 3. The van der Waals surface area contributed by atoms with Crippen LogP contribution in [0.5, 0.6) is 0 Å². The van der Waals surface area contributed by atoms with Gasteiger partial charge in [-0.3, -0.25) is 9.69 Å². The summed E-state index contributed by atoms with van der Waals surface area (Å²) in [6.45, 7) is 8.42. The van der Waals surface area contributed by atoms with Gasteiger partial charge >= 0.3 is 0 Å². The minimum absolute atomic E-state index is 0.0422. The van der Waals surface area contributed by atoms with Gasteiger partial charge in [0.1, 0.15) is 0 Å². The van der Waals surface area contributed by atoms with E-state index in [1.165, 1.54) is 0 Å². The number of H-pyrrole nitrogens is 1. The fourth-order valence-electron chi connectivity index (χ4n) is 3.29. The van der Waals surface area contributed by atoms with Crippen LogP contribution < -0.4 is 5.32 Å². The molecule has 0 spiro atoms. The molecule has 7 heteroatoms. The van der Waals surface area contributed by atoms with E-state index < -0.39 is 0 Å². The van der Waals surface area contributed by atoms with Crippen LogP contribution >= 0.6 is 31.9 Å². The molecule has 3 rings (SSSR count). The first-order valence-electron chi connectivity index (χ1n) is 8.53. The van der Waals surface area contributed by atoms with Gasteiger partial charge in [-0.1, -0.05) is 13.8 Å². The highest BCUT2D eigenvalue weighted by Crippen LogP contribution is 2.30.